The summed E-state index contributed by atoms with van der Waals surface area (Å²) in [4.78, 5) is 16.0. The van der Waals surface area contributed by atoms with Crippen molar-refractivity contribution in [1.82, 2.24) is 10.3 Å². The number of anilines is 2. The van der Waals surface area contributed by atoms with E-state index in [9.17, 15) is 4.79 Å². The molecule has 3 aromatic rings. The molecular weight excluding hydrogens is 348 g/mol. The van der Waals surface area contributed by atoms with Crippen molar-refractivity contribution in [2.45, 2.75) is 13.1 Å². The van der Waals surface area contributed by atoms with Gasteiger partial charge in [0.15, 0.2) is 0 Å². The fourth-order valence-electron chi connectivity index (χ4n) is 2.37. The molecule has 1 heterocycles. The molecule has 5 nitrogen and oxygen atoms in total. The second kappa shape index (κ2) is 8.87. The lowest BCUT2D eigenvalue weighted by molar-refractivity contribution is 0.251. The first-order valence-corrected chi connectivity index (χ1v) is 8.59. The van der Waals surface area contributed by atoms with E-state index < -0.39 is 0 Å². The molecule has 132 valence electrons. The van der Waals surface area contributed by atoms with Crippen LogP contribution in [0.1, 0.15) is 11.1 Å². The molecule has 0 saturated heterocycles. The molecule has 0 fully saturated rings. The summed E-state index contributed by atoms with van der Waals surface area (Å²) < 4.78 is 0. The summed E-state index contributed by atoms with van der Waals surface area (Å²) in [6, 6.07) is 18.7. The van der Waals surface area contributed by atoms with Crippen LogP contribution in [0.25, 0.3) is 0 Å². The Morgan fingerprint density at radius 3 is 2.42 bits per heavy atom. The third-order valence-corrected chi connectivity index (χ3v) is 4.13. The molecule has 2 amide bonds. The van der Waals surface area contributed by atoms with Gasteiger partial charge in [-0.25, -0.2) is 4.79 Å². The number of rotatable bonds is 6. The molecule has 0 aliphatic heterocycles. The number of amides is 2. The van der Waals surface area contributed by atoms with E-state index in [0.717, 1.165) is 27.5 Å². The number of nitrogens with one attached hydrogen (secondary N) is 3. The Morgan fingerprint density at radius 1 is 0.923 bits per heavy atom. The minimum atomic E-state index is -0.259. The molecule has 0 atom stereocenters. The number of halogens is 1. The first-order valence-electron chi connectivity index (χ1n) is 8.22. The minimum Gasteiger partial charge on any atom is -0.381 e. The number of carbonyl (C=O) groups is 1. The van der Waals surface area contributed by atoms with E-state index in [1.165, 1.54) is 0 Å². The van der Waals surface area contributed by atoms with Crippen LogP contribution in [-0.2, 0) is 13.1 Å². The summed E-state index contributed by atoms with van der Waals surface area (Å²) in [6.45, 7) is 1.06. The van der Waals surface area contributed by atoms with Gasteiger partial charge in [0, 0.05) is 41.9 Å². The molecule has 0 bridgehead atoms. The Bertz CT molecular complexity index is 853. The molecule has 2 aromatic carbocycles. The highest BCUT2D eigenvalue weighted by molar-refractivity contribution is 6.31. The van der Waals surface area contributed by atoms with Gasteiger partial charge in [-0.15, -0.1) is 0 Å². The SMILES string of the molecule is O=C(NCc1cccnc1)Nc1ccc(NCc2ccccc2Cl)cc1. The average molecular weight is 367 g/mol. The summed E-state index contributed by atoms with van der Waals surface area (Å²) in [7, 11) is 0. The molecule has 3 rings (SSSR count). The zero-order valence-electron chi connectivity index (χ0n) is 14.1. The molecule has 0 unspecified atom stereocenters. The van der Waals surface area contributed by atoms with Crippen LogP contribution in [0.15, 0.2) is 73.1 Å². The first kappa shape index (κ1) is 17.8. The minimum absolute atomic E-state index is 0.259. The number of pyridine rings is 1. The maximum atomic E-state index is 11.9. The van der Waals surface area contributed by atoms with Gasteiger partial charge >= 0.3 is 6.03 Å². The number of hydrogen-bond donors (Lipinski definition) is 3. The van der Waals surface area contributed by atoms with Crippen LogP contribution in [0.2, 0.25) is 5.02 Å². The van der Waals surface area contributed by atoms with Gasteiger partial charge in [0.05, 0.1) is 0 Å². The molecule has 1 aromatic heterocycles. The summed E-state index contributed by atoms with van der Waals surface area (Å²) >= 11 is 6.15. The quantitative estimate of drug-likeness (QED) is 0.594. The molecule has 6 heteroatoms. The van der Waals surface area contributed by atoms with Crippen molar-refractivity contribution in [1.29, 1.82) is 0 Å². The molecule has 3 N–H and O–H groups in total. The van der Waals surface area contributed by atoms with Crippen LogP contribution < -0.4 is 16.0 Å². The fourth-order valence-corrected chi connectivity index (χ4v) is 2.57. The Hall–Kier alpha value is -3.05. The lowest BCUT2D eigenvalue weighted by Crippen LogP contribution is -2.28. The van der Waals surface area contributed by atoms with Crippen molar-refractivity contribution in [2.75, 3.05) is 10.6 Å². The van der Waals surface area contributed by atoms with Gasteiger partial charge in [-0.05, 0) is 47.5 Å². The highest BCUT2D eigenvalue weighted by atomic mass is 35.5. The Kier molecular flexibility index (Phi) is 6.06. The molecule has 0 saturated carbocycles. The number of benzene rings is 2. The summed E-state index contributed by atoms with van der Waals surface area (Å²) in [5.41, 5.74) is 3.65. The maximum absolute atomic E-state index is 11.9. The van der Waals surface area contributed by atoms with Crippen molar-refractivity contribution in [3.63, 3.8) is 0 Å². The van der Waals surface area contributed by atoms with Gasteiger partial charge in [0.25, 0.3) is 0 Å². The summed E-state index contributed by atoms with van der Waals surface area (Å²) in [5, 5.41) is 9.65. The number of carbonyl (C=O) groups excluding carboxylic acids is 1. The van der Waals surface area contributed by atoms with E-state index in [1.54, 1.807) is 12.4 Å². The van der Waals surface area contributed by atoms with Crippen LogP contribution in [0.3, 0.4) is 0 Å². The third-order valence-electron chi connectivity index (χ3n) is 3.76. The standard InChI is InChI=1S/C20H19ClN4O/c21-19-6-2-1-5-16(19)14-23-17-7-9-18(10-8-17)25-20(26)24-13-15-4-3-11-22-12-15/h1-12,23H,13-14H2,(H2,24,25,26). The van der Waals surface area contributed by atoms with Crippen molar-refractivity contribution in [3.8, 4) is 0 Å². The van der Waals surface area contributed by atoms with Gasteiger partial charge in [-0.1, -0.05) is 35.9 Å². The van der Waals surface area contributed by atoms with E-state index in [2.05, 4.69) is 20.9 Å². The number of urea groups is 1. The summed E-state index contributed by atoms with van der Waals surface area (Å²) in [6.07, 6.45) is 3.42. The second-order valence-electron chi connectivity index (χ2n) is 5.69. The highest BCUT2D eigenvalue weighted by Crippen LogP contribution is 2.18. The fraction of sp³-hybridized carbons (Fsp3) is 0.100. The molecular formula is C20H19ClN4O. The van der Waals surface area contributed by atoms with Gasteiger partial charge in [0.1, 0.15) is 0 Å². The molecule has 0 aliphatic rings. The average Bonchev–Trinajstić information content (AvgIpc) is 2.68. The normalized spacial score (nSPS) is 10.2. The van der Waals surface area contributed by atoms with Crippen molar-refractivity contribution in [2.24, 2.45) is 0 Å². The number of aromatic nitrogens is 1. The largest absolute Gasteiger partial charge is 0.381 e. The Balaban J connectivity index is 1.48. The molecule has 0 spiro atoms. The van der Waals surface area contributed by atoms with E-state index in [0.29, 0.717) is 13.1 Å². The zero-order valence-corrected chi connectivity index (χ0v) is 14.8. The molecule has 0 aliphatic carbocycles. The van der Waals surface area contributed by atoms with Crippen LogP contribution in [0.5, 0.6) is 0 Å². The molecule has 0 radical (unpaired) electrons. The van der Waals surface area contributed by atoms with Crippen LogP contribution in [0, 0.1) is 0 Å². The maximum Gasteiger partial charge on any atom is 0.319 e. The lowest BCUT2D eigenvalue weighted by atomic mass is 10.2. The smallest absolute Gasteiger partial charge is 0.319 e. The predicted molar refractivity (Wildman–Crippen MR) is 105 cm³/mol. The van der Waals surface area contributed by atoms with Crippen molar-refractivity contribution < 1.29 is 4.79 Å². The van der Waals surface area contributed by atoms with Crippen molar-refractivity contribution >= 4 is 29.0 Å². The van der Waals surface area contributed by atoms with Crippen LogP contribution >= 0.6 is 11.6 Å². The van der Waals surface area contributed by atoms with E-state index >= 15 is 0 Å². The third kappa shape index (κ3) is 5.22. The van der Waals surface area contributed by atoms with Crippen LogP contribution in [0.4, 0.5) is 16.2 Å². The van der Waals surface area contributed by atoms with Gasteiger partial charge in [0.2, 0.25) is 0 Å². The predicted octanol–water partition coefficient (Wildman–Crippen LogP) is 4.67. The number of nitrogens with zero attached hydrogens (tertiary/aromatic N) is 1. The topological polar surface area (TPSA) is 66.0 Å². The Labute approximate surface area is 157 Å². The molecule has 26 heavy (non-hydrogen) atoms. The van der Waals surface area contributed by atoms with Gasteiger partial charge in [-0.3, -0.25) is 4.98 Å². The van der Waals surface area contributed by atoms with E-state index in [-0.39, 0.29) is 6.03 Å². The summed E-state index contributed by atoms with van der Waals surface area (Å²) in [5.74, 6) is 0. The number of hydrogen-bond acceptors (Lipinski definition) is 3. The lowest BCUT2D eigenvalue weighted by Gasteiger charge is -2.10. The van der Waals surface area contributed by atoms with Crippen molar-refractivity contribution in [3.05, 3.63) is 89.2 Å². The van der Waals surface area contributed by atoms with E-state index in [1.807, 2.05) is 60.7 Å². The van der Waals surface area contributed by atoms with E-state index in [4.69, 9.17) is 11.6 Å². The van der Waals surface area contributed by atoms with Crippen LogP contribution in [-0.4, -0.2) is 11.0 Å². The first-order chi connectivity index (χ1) is 12.7. The van der Waals surface area contributed by atoms with Gasteiger partial charge in [-0.2, -0.15) is 0 Å². The second-order valence-corrected chi connectivity index (χ2v) is 6.10. The highest BCUT2D eigenvalue weighted by Gasteiger charge is 2.03. The Morgan fingerprint density at radius 2 is 1.69 bits per heavy atom. The zero-order chi connectivity index (χ0) is 18.2. The monoisotopic (exact) mass is 366 g/mol. The van der Waals surface area contributed by atoms with Gasteiger partial charge < -0.3 is 16.0 Å².